The third-order valence-corrected chi connectivity index (χ3v) is 2.06. The van der Waals surface area contributed by atoms with Gasteiger partial charge in [0.1, 0.15) is 0 Å². The lowest BCUT2D eigenvalue weighted by molar-refractivity contribution is 0.516. The normalized spacial score (nSPS) is 10.5. The van der Waals surface area contributed by atoms with Crippen LogP contribution in [0.1, 0.15) is 13.3 Å². The maximum Gasteiger partial charge on any atom is 0.348 e. The Morgan fingerprint density at radius 2 is 2.20 bits per heavy atom. The summed E-state index contributed by atoms with van der Waals surface area (Å²) in [6.07, 6.45) is 0.957. The van der Waals surface area contributed by atoms with Crippen LogP contribution in [0.3, 0.4) is 0 Å². The average molecular weight is 204 g/mol. The van der Waals surface area contributed by atoms with Crippen molar-refractivity contribution in [1.82, 2.24) is 4.98 Å². The van der Waals surface area contributed by atoms with Gasteiger partial charge in [0.25, 0.3) is 6.01 Å². The number of anilines is 1. The fourth-order valence-corrected chi connectivity index (χ4v) is 1.33. The molecule has 0 amide bonds. The van der Waals surface area contributed by atoms with Crippen molar-refractivity contribution >= 4 is 16.9 Å². The predicted molar refractivity (Wildman–Crippen MR) is 59.1 cm³/mol. The summed E-state index contributed by atoms with van der Waals surface area (Å²) in [5, 5.41) is 3.46. The fourth-order valence-electron chi connectivity index (χ4n) is 1.33. The smallest absolute Gasteiger partial charge is 0.348 e. The van der Waals surface area contributed by atoms with E-state index in [0.29, 0.717) is 16.9 Å². The van der Waals surface area contributed by atoms with Crippen molar-refractivity contribution in [3.63, 3.8) is 0 Å². The first-order valence-electron chi connectivity index (χ1n) is 4.95. The van der Waals surface area contributed by atoms with Crippen molar-refractivity contribution in [2.24, 2.45) is 0 Å². The molecule has 2 rings (SSSR count). The SMILES string of the molecule is CCCNc1nc2ccccc2c(=O)o1. The number of para-hydroxylation sites is 1. The molecule has 0 fully saturated rings. The standard InChI is InChI=1S/C11H12N2O2/c1-2-7-12-11-13-9-6-4-3-5-8(9)10(14)15-11/h3-6H,2,7H2,1H3,(H,12,13). The third kappa shape index (κ3) is 1.98. The maximum atomic E-state index is 11.5. The first-order chi connectivity index (χ1) is 7.31. The summed E-state index contributed by atoms with van der Waals surface area (Å²) >= 11 is 0. The fraction of sp³-hybridized carbons (Fsp3) is 0.273. The molecule has 0 saturated carbocycles. The van der Waals surface area contributed by atoms with Gasteiger partial charge in [0.2, 0.25) is 0 Å². The molecular formula is C11H12N2O2. The molecule has 15 heavy (non-hydrogen) atoms. The molecule has 2 aromatic rings. The lowest BCUT2D eigenvalue weighted by Gasteiger charge is -2.02. The van der Waals surface area contributed by atoms with Crippen molar-refractivity contribution in [1.29, 1.82) is 0 Å². The van der Waals surface area contributed by atoms with E-state index >= 15 is 0 Å². The van der Waals surface area contributed by atoms with Crippen LogP contribution >= 0.6 is 0 Å². The summed E-state index contributed by atoms with van der Waals surface area (Å²) in [6.45, 7) is 2.78. The average Bonchev–Trinajstić information content (AvgIpc) is 2.26. The highest BCUT2D eigenvalue weighted by molar-refractivity contribution is 5.77. The molecule has 78 valence electrons. The molecule has 0 saturated heterocycles. The number of benzene rings is 1. The van der Waals surface area contributed by atoms with Gasteiger partial charge in [0.15, 0.2) is 0 Å². The number of hydrogen-bond acceptors (Lipinski definition) is 4. The monoisotopic (exact) mass is 204 g/mol. The zero-order chi connectivity index (χ0) is 10.7. The van der Waals surface area contributed by atoms with E-state index < -0.39 is 0 Å². The first kappa shape index (κ1) is 9.71. The van der Waals surface area contributed by atoms with Gasteiger partial charge < -0.3 is 9.73 Å². The van der Waals surface area contributed by atoms with Gasteiger partial charge in [-0.05, 0) is 18.6 Å². The van der Waals surface area contributed by atoms with Gasteiger partial charge in [-0.3, -0.25) is 0 Å². The Morgan fingerprint density at radius 1 is 1.40 bits per heavy atom. The van der Waals surface area contributed by atoms with Crippen molar-refractivity contribution < 1.29 is 4.42 Å². The number of aromatic nitrogens is 1. The Balaban J connectivity index is 2.48. The van der Waals surface area contributed by atoms with E-state index in [2.05, 4.69) is 10.3 Å². The van der Waals surface area contributed by atoms with E-state index in [0.717, 1.165) is 13.0 Å². The van der Waals surface area contributed by atoms with Crippen LogP contribution in [0.15, 0.2) is 33.5 Å². The lowest BCUT2D eigenvalue weighted by Crippen LogP contribution is -2.08. The van der Waals surface area contributed by atoms with E-state index in [1.54, 1.807) is 18.2 Å². The first-order valence-corrected chi connectivity index (χ1v) is 4.95. The summed E-state index contributed by atoms with van der Waals surface area (Å²) in [5.41, 5.74) is 0.312. The minimum atomic E-state index is -0.348. The van der Waals surface area contributed by atoms with Gasteiger partial charge >= 0.3 is 5.63 Å². The molecule has 0 aliphatic heterocycles. The van der Waals surface area contributed by atoms with Crippen LogP contribution in [0.25, 0.3) is 10.9 Å². The lowest BCUT2D eigenvalue weighted by atomic mass is 10.2. The maximum absolute atomic E-state index is 11.5. The van der Waals surface area contributed by atoms with Gasteiger partial charge in [0.05, 0.1) is 10.9 Å². The Kier molecular flexibility index (Phi) is 2.67. The zero-order valence-electron chi connectivity index (χ0n) is 8.49. The molecule has 0 unspecified atom stereocenters. The van der Waals surface area contributed by atoms with Crippen LogP contribution in [-0.4, -0.2) is 11.5 Å². The summed E-state index contributed by atoms with van der Waals surface area (Å²) in [4.78, 5) is 15.7. The van der Waals surface area contributed by atoms with E-state index in [1.165, 1.54) is 0 Å². The molecule has 0 aliphatic rings. The second kappa shape index (κ2) is 4.13. The molecule has 0 spiro atoms. The Morgan fingerprint density at radius 3 is 3.00 bits per heavy atom. The Labute approximate surface area is 86.9 Å². The molecule has 1 aromatic heterocycles. The van der Waals surface area contributed by atoms with Crippen molar-refractivity contribution in [3.05, 3.63) is 34.7 Å². The Hall–Kier alpha value is -1.84. The highest BCUT2D eigenvalue weighted by Crippen LogP contribution is 2.09. The third-order valence-electron chi connectivity index (χ3n) is 2.06. The molecule has 4 nitrogen and oxygen atoms in total. The molecule has 0 bridgehead atoms. The quantitative estimate of drug-likeness (QED) is 0.830. The van der Waals surface area contributed by atoms with Gasteiger partial charge in [0, 0.05) is 6.54 Å². The van der Waals surface area contributed by atoms with E-state index in [9.17, 15) is 4.79 Å². The predicted octanol–water partition coefficient (Wildman–Crippen LogP) is 2.01. The van der Waals surface area contributed by atoms with Crippen LogP contribution in [0.2, 0.25) is 0 Å². The second-order valence-electron chi connectivity index (χ2n) is 3.25. The van der Waals surface area contributed by atoms with Gasteiger partial charge in [-0.25, -0.2) is 4.79 Å². The van der Waals surface area contributed by atoms with Gasteiger partial charge in [-0.1, -0.05) is 19.1 Å². The molecule has 0 radical (unpaired) electrons. The largest absolute Gasteiger partial charge is 0.389 e. The number of fused-ring (bicyclic) bond motifs is 1. The van der Waals surface area contributed by atoms with E-state index in [1.807, 2.05) is 13.0 Å². The number of nitrogens with one attached hydrogen (secondary N) is 1. The molecule has 1 N–H and O–H groups in total. The van der Waals surface area contributed by atoms with Gasteiger partial charge in [-0.2, -0.15) is 4.98 Å². The molecule has 4 heteroatoms. The minimum Gasteiger partial charge on any atom is -0.389 e. The van der Waals surface area contributed by atoms with Crippen molar-refractivity contribution in [2.45, 2.75) is 13.3 Å². The van der Waals surface area contributed by atoms with Crippen LogP contribution < -0.4 is 10.9 Å². The van der Waals surface area contributed by atoms with Gasteiger partial charge in [-0.15, -0.1) is 0 Å². The highest BCUT2D eigenvalue weighted by atomic mass is 16.4. The highest BCUT2D eigenvalue weighted by Gasteiger charge is 2.03. The van der Waals surface area contributed by atoms with Crippen molar-refractivity contribution in [3.8, 4) is 0 Å². The summed E-state index contributed by atoms with van der Waals surface area (Å²) in [7, 11) is 0. The molecule has 0 aliphatic carbocycles. The molecule has 0 atom stereocenters. The Bertz CT molecular complexity index is 519. The number of rotatable bonds is 3. The number of hydrogen-bond donors (Lipinski definition) is 1. The van der Waals surface area contributed by atoms with Crippen LogP contribution in [0.4, 0.5) is 6.01 Å². The summed E-state index contributed by atoms with van der Waals surface area (Å²) in [6, 6.07) is 7.43. The minimum absolute atomic E-state index is 0.292. The molecular weight excluding hydrogens is 192 g/mol. The molecule has 1 heterocycles. The zero-order valence-corrected chi connectivity index (χ0v) is 8.49. The van der Waals surface area contributed by atoms with Crippen LogP contribution in [0.5, 0.6) is 0 Å². The van der Waals surface area contributed by atoms with E-state index in [4.69, 9.17) is 4.42 Å². The molecule has 1 aromatic carbocycles. The van der Waals surface area contributed by atoms with Crippen molar-refractivity contribution in [2.75, 3.05) is 11.9 Å². The number of nitrogens with zero attached hydrogens (tertiary/aromatic N) is 1. The van der Waals surface area contributed by atoms with Crippen LogP contribution in [0, 0.1) is 0 Å². The second-order valence-corrected chi connectivity index (χ2v) is 3.25. The summed E-state index contributed by atoms with van der Waals surface area (Å²) < 4.78 is 5.01. The van der Waals surface area contributed by atoms with Crippen LogP contribution in [-0.2, 0) is 0 Å². The topological polar surface area (TPSA) is 55.1 Å². The summed E-state index contributed by atoms with van der Waals surface area (Å²) in [5.74, 6) is 0. The van der Waals surface area contributed by atoms with E-state index in [-0.39, 0.29) is 5.63 Å².